The topological polar surface area (TPSA) is 48.9 Å². The first kappa shape index (κ1) is 9.48. The molecule has 86 valence electrons. The second-order valence-electron chi connectivity index (χ2n) is 4.42. The van der Waals surface area contributed by atoms with E-state index in [1.54, 1.807) is 12.1 Å². The number of aromatic amines is 1. The Hall–Kier alpha value is -2.55. The molecule has 0 spiro atoms. The summed E-state index contributed by atoms with van der Waals surface area (Å²) in [6, 6.07) is 13.6. The predicted octanol–water partition coefficient (Wildman–Crippen LogP) is 3.57. The number of nitrogens with zero attached hydrogens (tertiary/aromatic N) is 1. The molecule has 3 nitrogen and oxygen atoms in total. The van der Waals surface area contributed by atoms with Crippen LogP contribution < -0.4 is 0 Å². The summed E-state index contributed by atoms with van der Waals surface area (Å²) in [4.78, 5) is 0. The van der Waals surface area contributed by atoms with E-state index in [4.69, 9.17) is 0 Å². The van der Waals surface area contributed by atoms with Gasteiger partial charge in [-0.15, -0.1) is 0 Å². The molecule has 0 fully saturated rings. The molecule has 4 rings (SSSR count). The van der Waals surface area contributed by atoms with Gasteiger partial charge in [0.15, 0.2) is 0 Å². The number of aromatic hydroxyl groups is 1. The molecule has 0 saturated heterocycles. The highest BCUT2D eigenvalue weighted by molar-refractivity contribution is 6.24. The van der Waals surface area contributed by atoms with Crippen LogP contribution in [0.15, 0.2) is 48.7 Å². The van der Waals surface area contributed by atoms with Crippen molar-refractivity contribution in [1.82, 2.24) is 10.2 Å². The molecule has 0 atom stereocenters. The number of benzene rings is 3. The number of hydrogen-bond acceptors (Lipinski definition) is 2. The van der Waals surface area contributed by atoms with Crippen LogP contribution in [0.4, 0.5) is 0 Å². The lowest BCUT2D eigenvalue weighted by atomic mass is 9.98. The smallest absolute Gasteiger partial charge is 0.116 e. The van der Waals surface area contributed by atoms with E-state index >= 15 is 0 Å². The molecule has 0 aliphatic heterocycles. The van der Waals surface area contributed by atoms with Gasteiger partial charge in [0.05, 0.1) is 0 Å². The Morgan fingerprint density at radius 1 is 0.833 bits per heavy atom. The van der Waals surface area contributed by atoms with Crippen LogP contribution in [0, 0.1) is 0 Å². The van der Waals surface area contributed by atoms with Crippen molar-refractivity contribution >= 4 is 32.4 Å². The fourth-order valence-corrected chi connectivity index (χ4v) is 2.62. The summed E-state index contributed by atoms with van der Waals surface area (Å²) < 4.78 is 0. The summed E-state index contributed by atoms with van der Waals surface area (Å²) in [6.07, 6.45) is 1.92. The lowest BCUT2D eigenvalue weighted by Gasteiger charge is -2.06. The molecule has 0 aliphatic rings. The largest absolute Gasteiger partial charge is 0.508 e. The van der Waals surface area contributed by atoms with Crippen molar-refractivity contribution in [3.05, 3.63) is 48.7 Å². The van der Waals surface area contributed by atoms with Crippen LogP contribution in [0.3, 0.4) is 0 Å². The number of H-pyrrole nitrogens is 1. The number of rotatable bonds is 0. The lowest BCUT2D eigenvalue weighted by Crippen LogP contribution is -1.81. The molecule has 18 heavy (non-hydrogen) atoms. The van der Waals surface area contributed by atoms with Crippen molar-refractivity contribution < 1.29 is 5.11 Å². The molecule has 2 N–H and O–H groups in total. The molecule has 0 radical (unpaired) electrons. The molecule has 4 aromatic rings. The van der Waals surface area contributed by atoms with Crippen molar-refractivity contribution in [3.8, 4) is 5.75 Å². The predicted molar refractivity (Wildman–Crippen MR) is 72.8 cm³/mol. The van der Waals surface area contributed by atoms with Crippen LogP contribution in [0.5, 0.6) is 5.75 Å². The third-order valence-corrected chi connectivity index (χ3v) is 3.41. The molecule has 3 aromatic carbocycles. The van der Waals surface area contributed by atoms with Gasteiger partial charge in [-0.25, -0.2) is 0 Å². The van der Waals surface area contributed by atoms with Crippen molar-refractivity contribution in [2.75, 3.05) is 0 Å². The normalized spacial score (nSPS) is 11.6. The van der Waals surface area contributed by atoms with Crippen LogP contribution in [0.2, 0.25) is 0 Å². The molecular weight excluding hydrogens is 224 g/mol. The molecule has 1 heterocycles. The Kier molecular flexibility index (Phi) is 1.70. The average Bonchev–Trinajstić information content (AvgIpc) is 2.88. The first-order valence-electron chi connectivity index (χ1n) is 5.81. The zero-order chi connectivity index (χ0) is 12.1. The van der Waals surface area contributed by atoms with Gasteiger partial charge in [-0.1, -0.05) is 24.3 Å². The summed E-state index contributed by atoms with van der Waals surface area (Å²) in [5.74, 6) is 0.280. The molecule has 0 unspecified atom stereocenters. The minimum absolute atomic E-state index is 0.280. The average molecular weight is 234 g/mol. The number of fused-ring (bicyclic) bond motifs is 6. The minimum Gasteiger partial charge on any atom is -0.508 e. The lowest BCUT2D eigenvalue weighted by molar-refractivity contribution is 0.476. The summed E-state index contributed by atoms with van der Waals surface area (Å²) in [5, 5.41) is 22.4. The Morgan fingerprint density at radius 2 is 1.61 bits per heavy atom. The highest BCUT2D eigenvalue weighted by Gasteiger charge is 2.10. The maximum atomic E-state index is 9.68. The Bertz CT molecular complexity index is 893. The Morgan fingerprint density at radius 3 is 2.44 bits per heavy atom. The van der Waals surface area contributed by atoms with Gasteiger partial charge in [0.25, 0.3) is 0 Å². The third kappa shape index (κ3) is 1.10. The SMILES string of the molecule is Oc1ccc2c(c1)c1ccccc1c1c[nH]nc21. The highest BCUT2D eigenvalue weighted by Crippen LogP contribution is 2.35. The zero-order valence-corrected chi connectivity index (χ0v) is 9.51. The maximum Gasteiger partial charge on any atom is 0.116 e. The van der Waals surface area contributed by atoms with Gasteiger partial charge in [0.1, 0.15) is 11.3 Å². The standard InChI is InChI=1S/C15H10N2O/c18-9-5-6-12-13(7-9)10-3-1-2-4-11(10)14-8-16-17-15(12)14/h1-8,18H,(H,16,17). The molecular formula is C15H10N2O. The zero-order valence-electron chi connectivity index (χ0n) is 9.51. The fraction of sp³-hybridized carbons (Fsp3) is 0. The van der Waals surface area contributed by atoms with E-state index in [1.807, 2.05) is 24.4 Å². The van der Waals surface area contributed by atoms with E-state index in [1.165, 1.54) is 0 Å². The first-order chi connectivity index (χ1) is 8.84. The number of phenolic OH excluding ortho intramolecular Hbond substituents is 1. The van der Waals surface area contributed by atoms with Gasteiger partial charge in [0, 0.05) is 17.0 Å². The quantitative estimate of drug-likeness (QED) is 0.457. The highest BCUT2D eigenvalue weighted by atomic mass is 16.3. The van der Waals surface area contributed by atoms with Gasteiger partial charge in [0.2, 0.25) is 0 Å². The van der Waals surface area contributed by atoms with Gasteiger partial charge < -0.3 is 5.11 Å². The summed E-state index contributed by atoms with van der Waals surface area (Å²) >= 11 is 0. The summed E-state index contributed by atoms with van der Waals surface area (Å²) in [5.41, 5.74) is 0.948. The van der Waals surface area contributed by atoms with Crippen molar-refractivity contribution in [3.63, 3.8) is 0 Å². The Labute approximate surface area is 103 Å². The number of phenols is 1. The van der Waals surface area contributed by atoms with Crippen LogP contribution in [0.25, 0.3) is 32.4 Å². The van der Waals surface area contributed by atoms with Crippen molar-refractivity contribution in [1.29, 1.82) is 0 Å². The molecule has 1 aromatic heterocycles. The van der Waals surface area contributed by atoms with Crippen LogP contribution in [0.1, 0.15) is 0 Å². The first-order valence-corrected chi connectivity index (χ1v) is 5.81. The fourth-order valence-electron chi connectivity index (χ4n) is 2.62. The maximum absolute atomic E-state index is 9.68. The van der Waals surface area contributed by atoms with Crippen LogP contribution in [-0.2, 0) is 0 Å². The summed E-state index contributed by atoms with van der Waals surface area (Å²) in [7, 11) is 0. The molecule has 0 bridgehead atoms. The second-order valence-corrected chi connectivity index (χ2v) is 4.42. The van der Waals surface area contributed by atoms with Crippen molar-refractivity contribution in [2.45, 2.75) is 0 Å². The van der Waals surface area contributed by atoms with E-state index in [9.17, 15) is 5.11 Å². The van der Waals surface area contributed by atoms with E-state index in [0.29, 0.717) is 0 Å². The van der Waals surface area contributed by atoms with Crippen LogP contribution in [-0.4, -0.2) is 15.3 Å². The third-order valence-electron chi connectivity index (χ3n) is 3.41. The van der Waals surface area contributed by atoms with E-state index < -0.39 is 0 Å². The van der Waals surface area contributed by atoms with Gasteiger partial charge >= 0.3 is 0 Å². The van der Waals surface area contributed by atoms with Crippen molar-refractivity contribution in [2.24, 2.45) is 0 Å². The van der Waals surface area contributed by atoms with E-state index in [2.05, 4.69) is 22.3 Å². The number of aromatic nitrogens is 2. The molecule has 3 heteroatoms. The molecule has 0 saturated carbocycles. The monoisotopic (exact) mass is 234 g/mol. The number of nitrogens with one attached hydrogen (secondary N) is 1. The van der Waals surface area contributed by atoms with E-state index in [-0.39, 0.29) is 5.75 Å². The molecule has 0 aliphatic carbocycles. The Balaban J connectivity index is 2.44. The minimum atomic E-state index is 0.280. The summed E-state index contributed by atoms with van der Waals surface area (Å²) in [6.45, 7) is 0. The number of hydrogen-bond donors (Lipinski definition) is 2. The second kappa shape index (κ2) is 3.23. The van der Waals surface area contributed by atoms with Gasteiger partial charge in [-0.2, -0.15) is 5.10 Å². The van der Waals surface area contributed by atoms with Crippen LogP contribution >= 0.6 is 0 Å². The van der Waals surface area contributed by atoms with Gasteiger partial charge in [-0.05, 0) is 34.4 Å². The molecule has 0 amide bonds. The van der Waals surface area contributed by atoms with E-state index in [0.717, 1.165) is 32.4 Å². The van der Waals surface area contributed by atoms with Gasteiger partial charge in [-0.3, -0.25) is 5.10 Å².